The summed E-state index contributed by atoms with van der Waals surface area (Å²) < 4.78 is 0. The summed E-state index contributed by atoms with van der Waals surface area (Å²) in [4.78, 5) is 26.9. The molecular formula is C26H29N5O3. The van der Waals surface area contributed by atoms with Crippen molar-refractivity contribution in [3.8, 4) is 17.0 Å². The molecule has 1 fully saturated rings. The lowest BCUT2D eigenvalue weighted by Crippen LogP contribution is -2.43. The number of β-amino-alcohol motifs (C(OH)–C–C–N with tert-alkyl or cyclic N) is 1. The fourth-order valence-corrected chi connectivity index (χ4v) is 4.75. The first kappa shape index (κ1) is 22.3. The summed E-state index contributed by atoms with van der Waals surface area (Å²) in [7, 11) is 0. The molecule has 1 unspecified atom stereocenters. The van der Waals surface area contributed by atoms with E-state index in [1.54, 1.807) is 28.3 Å². The molecule has 8 heteroatoms. The van der Waals surface area contributed by atoms with Gasteiger partial charge in [-0.05, 0) is 35.2 Å². The van der Waals surface area contributed by atoms with E-state index in [0.717, 1.165) is 36.3 Å². The molecule has 1 saturated heterocycles. The minimum absolute atomic E-state index is 0.0309. The summed E-state index contributed by atoms with van der Waals surface area (Å²) in [5.74, 6) is -0.0309. The number of hydrogen-bond donors (Lipinski definition) is 2. The molecule has 2 N–H and O–H groups in total. The second kappa shape index (κ2) is 9.79. The maximum atomic E-state index is 12.9. The van der Waals surface area contributed by atoms with Crippen molar-refractivity contribution in [2.45, 2.75) is 25.6 Å². The van der Waals surface area contributed by atoms with E-state index in [1.807, 2.05) is 18.2 Å². The zero-order chi connectivity index (χ0) is 23.5. The van der Waals surface area contributed by atoms with Crippen molar-refractivity contribution in [3.05, 3.63) is 77.7 Å². The number of aliphatic hydroxyl groups is 1. The molecular weight excluding hydrogens is 430 g/mol. The van der Waals surface area contributed by atoms with E-state index in [1.165, 1.54) is 11.1 Å². The topological polar surface area (TPSA) is 93.0 Å². The van der Waals surface area contributed by atoms with Crippen molar-refractivity contribution in [1.82, 2.24) is 24.7 Å². The van der Waals surface area contributed by atoms with Gasteiger partial charge in [-0.2, -0.15) is 0 Å². The van der Waals surface area contributed by atoms with Gasteiger partial charge in [-0.15, -0.1) is 0 Å². The van der Waals surface area contributed by atoms with Gasteiger partial charge < -0.3 is 20.0 Å². The van der Waals surface area contributed by atoms with Crippen molar-refractivity contribution >= 4 is 6.03 Å². The van der Waals surface area contributed by atoms with Crippen LogP contribution in [0.15, 0.2) is 60.9 Å². The van der Waals surface area contributed by atoms with Gasteiger partial charge >= 0.3 is 6.03 Å². The minimum atomic E-state index is -0.580. The van der Waals surface area contributed by atoms with Crippen LogP contribution in [-0.4, -0.2) is 79.7 Å². The summed E-state index contributed by atoms with van der Waals surface area (Å²) in [6.07, 6.45) is 3.70. The van der Waals surface area contributed by atoms with Crippen molar-refractivity contribution in [2.75, 3.05) is 32.7 Å². The Hall–Kier alpha value is -3.49. The molecule has 0 bridgehead atoms. The highest BCUT2D eigenvalue weighted by molar-refractivity contribution is 5.76. The van der Waals surface area contributed by atoms with E-state index in [9.17, 15) is 15.0 Å². The third-order valence-electron chi connectivity index (χ3n) is 6.55. The van der Waals surface area contributed by atoms with Crippen LogP contribution in [0.3, 0.4) is 0 Å². The van der Waals surface area contributed by atoms with E-state index < -0.39 is 6.10 Å². The van der Waals surface area contributed by atoms with Gasteiger partial charge in [-0.3, -0.25) is 9.88 Å². The summed E-state index contributed by atoms with van der Waals surface area (Å²) in [6, 6.07) is 15.6. The lowest BCUT2D eigenvalue weighted by Gasteiger charge is -2.31. The molecule has 1 atom stereocenters. The fourth-order valence-electron chi connectivity index (χ4n) is 4.75. The second-order valence-corrected chi connectivity index (χ2v) is 9.00. The molecule has 34 heavy (non-hydrogen) atoms. The van der Waals surface area contributed by atoms with Crippen molar-refractivity contribution < 1.29 is 15.0 Å². The number of hydrogen-bond acceptors (Lipinski definition) is 6. The Kier molecular flexibility index (Phi) is 6.42. The molecule has 3 aromatic rings. The molecule has 8 nitrogen and oxygen atoms in total. The lowest BCUT2D eigenvalue weighted by atomic mass is 10.00. The Bertz CT molecular complexity index is 1150. The number of rotatable bonds is 7. The fraction of sp³-hybridized carbons (Fsp3) is 0.346. The van der Waals surface area contributed by atoms with Crippen LogP contribution in [0.2, 0.25) is 0 Å². The first-order valence-electron chi connectivity index (χ1n) is 11.7. The molecule has 2 aliphatic rings. The zero-order valence-electron chi connectivity index (χ0n) is 19.0. The third kappa shape index (κ3) is 5.03. The molecule has 1 aromatic carbocycles. The van der Waals surface area contributed by atoms with Crippen LogP contribution >= 0.6 is 0 Å². The van der Waals surface area contributed by atoms with Crippen LogP contribution in [0.5, 0.6) is 5.88 Å². The molecule has 0 saturated carbocycles. The predicted molar refractivity (Wildman–Crippen MR) is 128 cm³/mol. The number of aromatic nitrogens is 2. The Morgan fingerprint density at radius 2 is 1.74 bits per heavy atom. The van der Waals surface area contributed by atoms with Crippen LogP contribution in [0.1, 0.15) is 16.8 Å². The summed E-state index contributed by atoms with van der Waals surface area (Å²) in [5.41, 5.74) is 5.22. The summed E-state index contributed by atoms with van der Waals surface area (Å²) in [6.45, 7) is 4.31. The highest BCUT2D eigenvalue weighted by Gasteiger charge is 2.30. The molecule has 2 aromatic heterocycles. The first-order chi connectivity index (χ1) is 16.5. The number of carbonyl (C=O) groups excluding carboxylic acids is 1. The largest absolute Gasteiger partial charge is 0.493 e. The van der Waals surface area contributed by atoms with Crippen molar-refractivity contribution in [3.63, 3.8) is 0 Å². The van der Waals surface area contributed by atoms with Gasteiger partial charge in [0.05, 0.1) is 18.3 Å². The minimum Gasteiger partial charge on any atom is -0.493 e. The maximum absolute atomic E-state index is 12.9. The SMILES string of the molecule is O=C1N(Cc2ccc(-c3ccnc(O)c3)cn2)CCN1CC(O)CN1CCc2ccccc2C1. The molecule has 0 aliphatic carbocycles. The predicted octanol–water partition coefficient (Wildman–Crippen LogP) is 2.51. The Morgan fingerprint density at radius 1 is 0.912 bits per heavy atom. The number of amides is 2. The van der Waals surface area contributed by atoms with Gasteiger partial charge in [-0.1, -0.05) is 30.3 Å². The van der Waals surface area contributed by atoms with Crippen molar-refractivity contribution in [2.24, 2.45) is 0 Å². The van der Waals surface area contributed by atoms with Gasteiger partial charge in [0.1, 0.15) is 0 Å². The third-order valence-corrected chi connectivity index (χ3v) is 6.55. The van der Waals surface area contributed by atoms with Gasteiger partial charge in [0.15, 0.2) is 0 Å². The number of benzene rings is 1. The zero-order valence-corrected chi connectivity index (χ0v) is 19.0. The molecule has 2 amide bonds. The van der Waals surface area contributed by atoms with Crippen LogP contribution < -0.4 is 0 Å². The van der Waals surface area contributed by atoms with Gasteiger partial charge in [0.25, 0.3) is 0 Å². The molecule has 0 spiro atoms. The normalized spacial score (nSPS) is 17.1. The second-order valence-electron chi connectivity index (χ2n) is 9.00. The standard InChI is InChI=1S/C26H29N5O3/c32-24(17-29-10-8-19-3-1-2-4-22(19)15-29)18-31-12-11-30(26(31)34)16-23-6-5-21(14-28-23)20-7-9-27-25(33)13-20/h1-7,9,13-14,24,32H,8,10-12,15-18H2,(H,27,33). The van der Waals surface area contributed by atoms with Crippen LogP contribution in [0, 0.1) is 0 Å². The van der Waals surface area contributed by atoms with Gasteiger partial charge in [0.2, 0.25) is 5.88 Å². The molecule has 5 rings (SSSR count). The molecule has 2 aliphatic heterocycles. The van der Waals surface area contributed by atoms with Crippen LogP contribution in [0.25, 0.3) is 11.1 Å². The number of aromatic hydroxyl groups is 1. The number of nitrogens with zero attached hydrogens (tertiary/aromatic N) is 5. The molecule has 0 radical (unpaired) electrons. The highest BCUT2D eigenvalue weighted by atomic mass is 16.3. The van der Waals surface area contributed by atoms with E-state index >= 15 is 0 Å². The lowest BCUT2D eigenvalue weighted by molar-refractivity contribution is 0.0812. The Balaban J connectivity index is 1.13. The van der Waals surface area contributed by atoms with E-state index in [0.29, 0.717) is 32.7 Å². The van der Waals surface area contributed by atoms with Gasteiger partial charge in [0, 0.05) is 63.3 Å². The molecule has 4 heterocycles. The number of fused-ring (bicyclic) bond motifs is 1. The highest BCUT2D eigenvalue weighted by Crippen LogP contribution is 2.22. The first-order valence-corrected chi connectivity index (χ1v) is 11.7. The van der Waals surface area contributed by atoms with E-state index in [2.05, 4.69) is 39.1 Å². The quantitative estimate of drug-likeness (QED) is 0.564. The average molecular weight is 460 g/mol. The average Bonchev–Trinajstić information content (AvgIpc) is 3.18. The monoisotopic (exact) mass is 459 g/mol. The van der Waals surface area contributed by atoms with E-state index in [4.69, 9.17) is 0 Å². The van der Waals surface area contributed by atoms with E-state index in [-0.39, 0.29) is 11.9 Å². The summed E-state index contributed by atoms with van der Waals surface area (Å²) >= 11 is 0. The summed E-state index contributed by atoms with van der Waals surface area (Å²) in [5, 5.41) is 20.2. The Labute approximate surface area is 199 Å². The van der Waals surface area contributed by atoms with Crippen LogP contribution in [0.4, 0.5) is 4.79 Å². The number of urea groups is 1. The Morgan fingerprint density at radius 3 is 2.53 bits per heavy atom. The van der Waals surface area contributed by atoms with Gasteiger partial charge in [-0.25, -0.2) is 9.78 Å². The molecule has 176 valence electrons. The number of carbonyl (C=O) groups is 1. The van der Waals surface area contributed by atoms with Crippen LogP contribution in [-0.2, 0) is 19.5 Å². The number of aliphatic hydroxyl groups excluding tert-OH is 1. The smallest absolute Gasteiger partial charge is 0.320 e. The number of pyridine rings is 2. The maximum Gasteiger partial charge on any atom is 0.320 e. The van der Waals surface area contributed by atoms with Crippen molar-refractivity contribution in [1.29, 1.82) is 0 Å².